The summed E-state index contributed by atoms with van der Waals surface area (Å²) in [7, 11) is 0. The molecule has 0 unspecified atom stereocenters. The lowest BCUT2D eigenvalue weighted by Crippen LogP contribution is -1.86. The van der Waals surface area contributed by atoms with Crippen molar-refractivity contribution in [1.29, 1.82) is 0 Å². The molecule has 1 aliphatic carbocycles. The van der Waals surface area contributed by atoms with Crippen molar-refractivity contribution >= 4 is 54.1 Å². The summed E-state index contributed by atoms with van der Waals surface area (Å²) >= 11 is 0. The Morgan fingerprint density at radius 2 is 0.842 bits per heavy atom. The van der Waals surface area contributed by atoms with Crippen LogP contribution in [0.4, 0.5) is 0 Å². The molecule has 174 valence electrons. The molecule has 0 radical (unpaired) electrons. The van der Waals surface area contributed by atoms with E-state index < -0.39 is 0 Å². The molecular formula is C36H20N2. The molecule has 6 aromatic carbocycles. The molecule has 0 saturated heterocycles. The molecular weight excluding hydrogens is 460 g/mol. The Kier molecular flexibility index (Phi) is 3.82. The van der Waals surface area contributed by atoms with E-state index in [0.717, 1.165) is 32.9 Å². The normalized spacial score (nSPS) is 12.2. The molecule has 0 N–H and O–H groups in total. The Morgan fingerprint density at radius 1 is 0.368 bits per heavy atom. The molecule has 0 bridgehead atoms. The number of para-hydroxylation sites is 2. The van der Waals surface area contributed by atoms with Gasteiger partial charge in [-0.25, -0.2) is 0 Å². The van der Waals surface area contributed by atoms with Crippen LogP contribution in [0.25, 0.3) is 87.5 Å². The number of hydrogen-bond acceptors (Lipinski definition) is 2. The van der Waals surface area contributed by atoms with E-state index in [-0.39, 0.29) is 0 Å². The van der Waals surface area contributed by atoms with Gasteiger partial charge >= 0.3 is 0 Å². The highest BCUT2D eigenvalue weighted by molar-refractivity contribution is 6.35. The summed E-state index contributed by atoms with van der Waals surface area (Å²) in [6.45, 7) is 0. The predicted octanol–water partition coefficient (Wildman–Crippen LogP) is 9.56. The molecule has 0 aliphatic heterocycles. The van der Waals surface area contributed by atoms with Crippen molar-refractivity contribution in [3.63, 3.8) is 0 Å². The smallest absolute Gasteiger partial charge is 0.0702 e. The zero-order chi connectivity index (χ0) is 24.8. The molecule has 2 heterocycles. The Morgan fingerprint density at radius 3 is 1.37 bits per heavy atom. The quantitative estimate of drug-likeness (QED) is 0.230. The van der Waals surface area contributed by atoms with Crippen molar-refractivity contribution in [3.05, 3.63) is 122 Å². The van der Waals surface area contributed by atoms with E-state index in [1.807, 2.05) is 24.5 Å². The standard InChI is InChI=1S/C36H20N2/c1-3-7-32-22(5-1)17-24(19-37-32)26-13-15-30-31-16-14-27(25-18-23-6-2-4-8-33(23)38-20-25)29-12-10-21-9-11-28(26)35(30)34(21)36(29)31/h1-20H. The number of nitrogens with zero attached hydrogens (tertiary/aromatic N) is 2. The number of pyridine rings is 2. The summed E-state index contributed by atoms with van der Waals surface area (Å²) < 4.78 is 0. The second-order valence-electron chi connectivity index (χ2n) is 10.2. The largest absolute Gasteiger partial charge is 0.256 e. The van der Waals surface area contributed by atoms with Crippen molar-refractivity contribution in [3.8, 4) is 33.4 Å². The van der Waals surface area contributed by atoms with Crippen LogP contribution in [0, 0.1) is 0 Å². The highest BCUT2D eigenvalue weighted by atomic mass is 14.7. The van der Waals surface area contributed by atoms with E-state index in [9.17, 15) is 0 Å². The maximum atomic E-state index is 4.76. The monoisotopic (exact) mass is 480 g/mol. The van der Waals surface area contributed by atoms with Gasteiger partial charge in [0.25, 0.3) is 0 Å². The maximum absolute atomic E-state index is 4.76. The fourth-order valence-electron chi connectivity index (χ4n) is 6.50. The fraction of sp³-hybridized carbons (Fsp3) is 0. The Balaban J connectivity index is 1.33. The second kappa shape index (κ2) is 7.24. The topological polar surface area (TPSA) is 25.8 Å². The number of hydrogen-bond donors (Lipinski definition) is 0. The first-order valence-corrected chi connectivity index (χ1v) is 13.0. The van der Waals surface area contributed by atoms with Gasteiger partial charge in [-0.15, -0.1) is 0 Å². The lowest BCUT2D eigenvalue weighted by Gasteiger charge is -2.11. The summed E-state index contributed by atoms with van der Waals surface area (Å²) in [5.41, 5.74) is 9.45. The van der Waals surface area contributed by atoms with E-state index in [1.165, 1.54) is 54.6 Å². The van der Waals surface area contributed by atoms with Crippen molar-refractivity contribution in [2.45, 2.75) is 0 Å². The van der Waals surface area contributed by atoms with Crippen LogP contribution in [0.1, 0.15) is 0 Å². The molecule has 2 heteroatoms. The van der Waals surface area contributed by atoms with Gasteiger partial charge in [-0.05, 0) is 78.8 Å². The lowest BCUT2D eigenvalue weighted by atomic mass is 9.93. The minimum atomic E-state index is 1.02. The molecule has 9 rings (SSSR count). The third-order valence-corrected chi connectivity index (χ3v) is 8.23. The van der Waals surface area contributed by atoms with E-state index >= 15 is 0 Å². The van der Waals surface area contributed by atoms with Gasteiger partial charge in [0.2, 0.25) is 0 Å². The molecule has 2 nitrogen and oxygen atoms in total. The minimum Gasteiger partial charge on any atom is -0.256 e. The van der Waals surface area contributed by atoms with Crippen LogP contribution in [0.5, 0.6) is 0 Å². The summed E-state index contributed by atoms with van der Waals surface area (Å²) in [6.07, 6.45) is 4.02. The number of fused-ring (bicyclic) bond motifs is 3. The van der Waals surface area contributed by atoms with Crippen LogP contribution in [-0.2, 0) is 0 Å². The van der Waals surface area contributed by atoms with Gasteiger partial charge in [-0.3, -0.25) is 9.97 Å². The van der Waals surface area contributed by atoms with Gasteiger partial charge in [0.15, 0.2) is 0 Å². The van der Waals surface area contributed by atoms with Gasteiger partial charge in [-0.2, -0.15) is 0 Å². The third-order valence-electron chi connectivity index (χ3n) is 8.23. The Labute approximate surface area is 218 Å². The number of benzene rings is 6. The first-order valence-electron chi connectivity index (χ1n) is 13.0. The fourth-order valence-corrected chi connectivity index (χ4v) is 6.50. The first-order chi connectivity index (χ1) is 18.8. The summed E-state index contributed by atoms with van der Waals surface area (Å²) in [6, 6.07) is 39.4. The summed E-state index contributed by atoms with van der Waals surface area (Å²) in [5.74, 6) is 0. The summed E-state index contributed by atoms with van der Waals surface area (Å²) in [5, 5.41) is 10.2. The lowest BCUT2D eigenvalue weighted by molar-refractivity contribution is 1.41. The molecule has 0 spiro atoms. The Hall–Kier alpha value is -5.08. The zero-order valence-corrected chi connectivity index (χ0v) is 20.4. The predicted molar refractivity (Wildman–Crippen MR) is 159 cm³/mol. The molecule has 0 saturated carbocycles. The zero-order valence-electron chi connectivity index (χ0n) is 20.4. The van der Waals surface area contributed by atoms with Gasteiger partial charge in [0, 0.05) is 34.3 Å². The van der Waals surface area contributed by atoms with E-state index in [4.69, 9.17) is 9.97 Å². The SMILES string of the molecule is c1ccc2ncc(-c3ccc4c5c3ccc3ccc6c(-c7cnc8ccccc8c7)ccc-4c6c35)cc2c1. The number of aromatic nitrogens is 2. The summed E-state index contributed by atoms with van der Waals surface area (Å²) in [4.78, 5) is 9.51. The van der Waals surface area contributed by atoms with Crippen molar-refractivity contribution < 1.29 is 0 Å². The van der Waals surface area contributed by atoms with Gasteiger partial charge in [0.05, 0.1) is 11.0 Å². The van der Waals surface area contributed by atoms with Gasteiger partial charge in [0.1, 0.15) is 0 Å². The van der Waals surface area contributed by atoms with Crippen LogP contribution < -0.4 is 0 Å². The van der Waals surface area contributed by atoms with Crippen LogP contribution in [0.2, 0.25) is 0 Å². The van der Waals surface area contributed by atoms with Crippen LogP contribution in [-0.4, -0.2) is 9.97 Å². The van der Waals surface area contributed by atoms with E-state index in [0.29, 0.717) is 0 Å². The molecule has 0 amide bonds. The van der Waals surface area contributed by atoms with E-state index in [2.05, 4.69) is 97.1 Å². The minimum absolute atomic E-state index is 1.02. The highest BCUT2D eigenvalue weighted by Crippen LogP contribution is 2.51. The molecule has 2 aromatic heterocycles. The molecule has 0 atom stereocenters. The van der Waals surface area contributed by atoms with Crippen molar-refractivity contribution in [2.75, 3.05) is 0 Å². The molecule has 1 aliphatic rings. The second-order valence-corrected chi connectivity index (χ2v) is 10.2. The van der Waals surface area contributed by atoms with Crippen LogP contribution in [0.3, 0.4) is 0 Å². The van der Waals surface area contributed by atoms with Crippen molar-refractivity contribution in [2.24, 2.45) is 0 Å². The van der Waals surface area contributed by atoms with Gasteiger partial charge < -0.3 is 0 Å². The third kappa shape index (κ3) is 2.61. The van der Waals surface area contributed by atoms with Crippen LogP contribution >= 0.6 is 0 Å². The molecule has 0 fully saturated rings. The highest BCUT2D eigenvalue weighted by Gasteiger charge is 2.23. The van der Waals surface area contributed by atoms with Gasteiger partial charge in [-0.1, -0.05) is 84.9 Å². The number of rotatable bonds is 2. The maximum Gasteiger partial charge on any atom is 0.0702 e. The molecule has 38 heavy (non-hydrogen) atoms. The average molecular weight is 481 g/mol. The molecule has 8 aromatic rings. The van der Waals surface area contributed by atoms with Crippen molar-refractivity contribution in [1.82, 2.24) is 9.97 Å². The van der Waals surface area contributed by atoms with Crippen LogP contribution in [0.15, 0.2) is 122 Å². The first kappa shape index (κ1) is 20.0. The Bertz CT molecular complexity index is 2140. The average Bonchev–Trinajstić information content (AvgIpc) is 3.33. The van der Waals surface area contributed by atoms with E-state index in [1.54, 1.807) is 0 Å².